The van der Waals surface area contributed by atoms with Gasteiger partial charge in [0.1, 0.15) is 12.2 Å². The van der Waals surface area contributed by atoms with Crippen LogP contribution >= 0.6 is 0 Å². The van der Waals surface area contributed by atoms with Gasteiger partial charge in [0.15, 0.2) is 16.6 Å². The lowest BCUT2D eigenvalue weighted by atomic mass is 10.0. The Labute approximate surface area is 322 Å². The molecular formula is C44H80O6Si2. The number of carbonyl (C=O) groups excluding carboxylic acids is 2. The van der Waals surface area contributed by atoms with Gasteiger partial charge in [-0.15, -0.1) is 0 Å². The largest absolute Gasteiger partial charge is 0.455 e. The molecule has 0 aromatic heterocycles. The van der Waals surface area contributed by atoms with Crippen LogP contribution in [0.1, 0.15) is 171 Å². The van der Waals surface area contributed by atoms with Gasteiger partial charge >= 0.3 is 11.9 Å². The Morgan fingerprint density at radius 1 is 0.577 bits per heavy atom. The number of rotatable bonds is 26. The summed E-state index contributed by atoms with van der Waals surface area (Å²) in [5.41, 5.74) is 1.60. The highest BCUT2D eigenvalue weighted by Gasteiger charge is 2.41. The molecule has 2 aliphatic heterocycles. The van der Waals surface area contributed by atoms with Crippen molar-refractivity contribution in [1.29, 1.82) is 0 Å². The zero-order valence-electron chi connectivity index (χ0n) is 35.8. The molecule has 0 unspecified atom stereocenters. The first-order valence-corrected chi connectivity index (χ1v) is 26.9. The molecule has 0 amide bonds. The van der Waals surface area contributed by atoms with Crippen LogP contribution in [0, 0.1) is 0 Å². The highest BCUT2D eigenvalue weighted by atomic mass is 28.4. The lowest BCUT2D eigenvalue weighted by Gasteiger charge is -2.39. The smallest absolute Gasteiger partial charge is 0.334 e. The number of ether oxygens (including phenoxy) is 2. The number of hydrogen-bond acceptors (Lipinski definition) is 6. The van der Waals surface area contributed by atoms with Gasteiger partial charge in [-0.2, -0.15) is 0 Å². The molecule has 6 nitrogen and oxygen atoms in total. The van der Waals surface area contributed by atoms with Gasteiger partial charge in [0.05, 0.1) is 0 Å². The third-order valence-electron chi connectivity index (χ3n) is 11.9. The van der Waals surface area contributed by atoms with Crippen molar-refractivity contribution in [2.45, 2.75) is 232 Å². The summed E-state index contributed by atoms with van der Waals surface area (Å²) in [7, 11) is -3.83. The molecule has 0 N–H and O–H groups in total. The maximum atomic E-state index is 12.3. The van der Waals surface area contributed by atoms with E-state index in [0.717, 1.165) is 36.8 Å². The average Bonchev–Trinajstić information content (AvgIpc) is 3.51. The second-order valence-corrected chi connectivity index (χ2v) is 28.4. The Bertz CT molecular complexity index is 1080. The molecule has 52 heavy (non-hydrogen) atoms. The number of allylic oxidation sites excluding steroid dienone is 2. The van der Waals surface area contributed by atoms with Crippen LogP contribution in [-0.4, -0.2) is 53.0 Å². The first-order valence-electron chi connectivity index (χ1n) is 21.1. The fraction of sp³-hybridized carbons (Fsp3) is 0.818. The summed E-state index contributed by atoms with van der Waals surface area (Å²) < 4.78 is 24.3. The minimum atomic E-state index is -1.91. The molecule has 0 radical (unpaired) electrons. The monoisotopic (exact) mass is 761 g/mol. The molecule has 0 saturated heterocycles. The lowest BCUT2D eigenvalue weighted by Crippen LogP contribution is -2.44. The van der Waals surface area contributed by atoms with E-state index in [1.807, 2.05) is 26.0 Å². The molecule has 0 aromatic rings. The van der Waals surface area contributed by atoms with Gasteiger partial charge in [-0.3, -0.25) is 0 Å². The normalized spacial score (nSPS) is 19.9. The van der Waals surface area contributed by atoms with E-state index in [9.17, 15) is 9.59 Å². The molecule has 2 heterocycles. The van der Waals surface area contributed by atoms with E-state index in [1.54, 1.807) is 0 Å². The Morgan fingerprint density at radius 3 is 1.17 bits per heavy atom. The van der Waals surface area contributed by atoms with Crippen molar-refractivity contribution < 1.29 is 27.9 Å². The van der Waals surface area contributed by atoms with Crippen LogP contribution in [-0.2, 0) is 27.9 Å². The van der Waals surface area contributed by atoms with E-state index in [1.165, 1.54) is 77.0 Å². The fourth-order valence-corrected chi connectivity index (χ4v) is 9.34. The van der Waals surface area contributed by atoms with Gasteiger partial charge in [0, 0.05) is 36.2 Å². The molecule has 4 atom stereocenters. The summed E-state index contributed by atoms with van der Waals surface area (Å²) >= 11 is 0. The van der Waals surface area contributed by atoms with E-state index in [-0.39, 0.29) is 46.4 Å². The second-order valence-electron chi connectivity index (χ2n) is 18.9. The molecule has 0 aromatic carbocycles. The SMILES string of the molecule is C[C@H]1C=C(C[C@@H](CCCCCCCC/C=C/CCCCCCCC[C@H](CC2=C[C@H](C)OC2=O)O[Si](C)(C)C(C)(C)C)O[Si](C)(C)C(C)(C)C)C(=O)O1. The van der Waals surface area contributed by atoms with Crippen molar-refractivity contribution in [3.63, 3.8) is 0 Å². The summed E-state index contributed by atoms with van der Waals surface area (Å²) in [6.45, 7) is 26.8. The quantitative estimate of drug-likeness (QED) is 0.0378. The first kappa shape index (κ1) is 46.7. The van der Waals surface area contributed by atoms with Gasteiger partial charge in [-0.1, -0.05) is 118 Å². The number of unbranched alkanes of at least 4 members (excludes halogenated alkanes) is 12. The number of esters is 2. The molecule has 0 saturated carbocycles. The predicted molar refractivity (Wildman–Crippen MR) is 224 cm³/mol. The average molecular weight is 761 g/mol. The van der Waals surface area contributed by atoms with Crippen LogP contribution in [0.4, 0.5) is 0 Å². The zero-order valence-corrected chi connectivity index (χ0v) is 37.8. The van der Waals surface area contributed by atoms with Gasteiger partial charge in [0.2, 0.25) is 0 Å². The van der Waals surface area contributed by atoms with E-state index in [4.69, 9.17) is 18.3 Å². The fourth-order valence-electron chi connectivity index (χ4n) is 6.56. The number of carbonyl (C=O) groups is 2. The first-order chi connectivity index (χ1) is 24.2. The molecule has 0 fully saturated rings. The van der Waals surface area contributed by atoms with Crippen molar-refractivity contribution in [1.82, 2.24) is 0 Å². The van der Waals surface area contributed by atoms with Crippen molar-refractivity contribution in [3.05, 3.63) is 35.5 Å². The maximum Gasteiger partial charge on any atom is 0.334 e. The third kappa shape index (κ3) is 17.3. The maximum absolute atomic E-state index is 12.3. The van der Waals surface area contributed by atoms with Gasteiger partial charge < -0.3 is 18.3 Å². The molecule has 2 aliphatic rings. The van der Waals surface area contributed by atoms with Crippen molar-refractivity contribution >= 4 is 28.6 Å². The summed E-state index contributed by atoms with van der Waals surface area (Å²) in [6.07, 6.45) is 29.5. The molecule has 8 heteroatoms. The number of hydrogen-bond donors (Lipinski definition) is 0. The van der Waals surface area contributed by atoms with Crippen LogP contribution in [0.5, 0.6) is 0 Å². The predicted octanol–water partition coefficient (Wildman–Crippen LogP) is 13.1. The highest BCUT2D eigenvalue weighted by Crippen LogP contribution is 2.40. The van der Waals surface area contributed by atoms with Crippen molar-refractivity contribution in [2.75, 3.05) is 0 Å². The van der Waals surface area contributed by atoms with Gasteiger partial charge in [-0.05, 0) is 101 Å². The lowest BCUT2D eigenvalue weighted by molar-refractivity contribution is -0.140. The van der Waals surface area contributed by atoms with Crippen LogP contribution < -0.4 is 0 Å². The van der Waals surface area contributed by atoms with E-state index in [0.29, 0.717) is 12.8 Å². The van der Waals surface area contributed by atoms with E-state index < -0.39 is 16.6 Å². The molecule has 300 valence electrons. The van der Waals surface area contributed by atoms with Gasteiger partial charge in [-0.25, -0.2) is 9.59 Å². The van der Waals surface area contributed by atoms with Crippen LogP contribution in [0.2, 0.25) is 36.3 Å². The minimum absolute atomic E-state index is 0.0963. The van der Waals surface area contributed by atoms with Crippen LogP contribution in [0.25, 0.3) is 0 Å². The Balaban J connectivity index is 1.54. The molecule has 0 spiro atoms. The van der Waals surface area contributed by atoms with Crippen molar-refractivity contribution in [2.24, 2.45) is 0 Å². The Kier molecular flexibility index (Phi) is 19.9. The van der Waals surface area contributed by atoms with Gasteiger partial charge in [0.25, 0.3) is 0 Å². The molecule has 0 aliphatic carbocycles. The summed E-state index contributed by atoms with van der Waals surface area (Å²) in [5.74, 6) is -0.325. The Hall–Kier alpha value is -1.49. The van der Waals surface area contributed by atoms with Crippen LogP contribution in [0.3, 0.4) is 0 Å². The topological polar surface area (TPSA) is 71.1 Å². The molecule has 2 rings (SSSR count). The minimum Gasteiger partial charge on any atom is -0.455 e. The van der Waals surface area contributed by atoms with Crippen LogP contribution in [0.15, 0.2) is 35.5 Å². The third-order valence-corrected chi connectivity index (χ3v) is 20.9. The molecule has 0 bridgehead atoms. The van der Waals surface area contributed by atoms with E-state index in [2.05, 4.69) is 79.9 Å². The summed E-state index contributed by atoms with van der Waals surface area (Å²) in [4.78, 5) is 24.6. The number of cyclic esters (lactones) is 2. The summed E-state index contributed by atoms with van der Waals surface area (Å²) in [5, 5.41) is 0.301. The summed E-state index contributed by atoms with van der Waals surface area (Å²) in [6, 6.07) is 0. The zero-order chi connectivity index (χ0) is 39.0. The molecular weight excluding hydrogens is 681 g/mol. The Morgan fingerprint density at radius 2 is 0.885 bits per heavy atom. The van der Waals surface area contributed by atoms with Crippen molar-refractivity contribution in [3.8, 4) is 0 Å². The second kappa shape index (κ2) is 22.2. The standard InChI is InChI=1S/C44H80O6Si2/c1-35-31-37(41(45)47-35)33-39(49-51(9,10)43(3,4)5)29-27-25-23-21-19-17-15-13-14-16-18-20-22-24-26-28-30-40(50-52(11,12)44(6,7)8)34-38-32-36(2)48-42(38)46/h13-14,31-32,35-36,39-40H,15-30,33-34H2,1-12H3/b14-13+/t35-,36-,39+,40+/m0/s1. The highest BCUT2D eigenvalue weighted by molar-refractivity contribution is 6.74. The van der Waals surface area contributed by atoms with E-state index >= 15 is 0 Å².